The number of nitrogens with zero attached hydrogens (tertiary/aromatic N) is 9. The summed E-state index contributed by atoms with van der Waals surface area (Å²) in [5, 5.41) is 49.1. The molecule has 3 aliphatic rings. The fourth-order valence-electron chi connectivity index (χ4n) is 6.53. The molecule has 1 aromatic carbocycles. The van der Waals surface area contributed by atoms with Crippen molar-refractivity contribution < 1.29 is 60.7 Å². The van der Waals surface area contributed by atoms with Gasteiger partial charge in [0.15, 0.2) is 27.3 Å². The second-order valence-electron chi connectivity index (χ2n) is 13.2. The van der Waals surface area contributed by atoms with Crippen molar-refractivity contribution in [2.45, 2.75) is 47.2 Å². The molecule has 7 rings (SSSR count). The molecule has 8 atom stereocenters. The number of aliphatic hydroxyl groups excluding tert-OH is 3. The highest BCUT2D eigenvalue weighted by atomic mass is 32.2. The second kappa shape index (κ2) is 16.7. The van der Waals surface area contributed by atoms with E-state index in [1.165, 1.54) is 35.3 Å². The van der Waals surface area contributed by atoms with E-state index in [0.717, 1.165) is 28.6 Å². The Morgan fingerprint density at radius 3 is 2.27 bits per heavy atom. The molecule has 3 saturated heterocycles. The third kappa shape index (κ3) is 8.37. The van der Waals surface area contributed by atoms with Gasteiger partial charge in [-0.1, -0.05) is 10.4 Å². The number of carbonyl (C=O) groups excluding carboxylic acids is 1. The molecule has 3 fully saturated rings. The number of aromatic nitrogens is 8. The van der Waals surface area contributed by atoms with Crippen molar-refractivity contribution in [2.75, 3.05) is 58.1 Å². The van der Waals surface area contributed by atoms with Crippen molar-refractivity contribution in [2.24, 2.45) is 0 Å². The summed E-state index contributed by atoms with van der Waals surface area (Å²) in [6.07, 6.45) is 0.553. The van der Waals surface area contributed by atoms with Crippen molar-refractivity contribution in [3.8, 4) is 28.5 Å². The minimum absolute atomic E-state index is 0.0101. The standard InChI is InChI=1S/C32H36F3N9O10S2/c1-51-32-36-8-17(9-37-32)21-10-43(40-39-21)22-13-52-14-24(28(22)47)55-31-30(53-15-25(46)42-2-4-56(49,50)5-3-42)27(29(48)23(12-45)54-31)44-11-20(38-41-44)16-6-18(33)26(35)19(34)7-16/h6-11,22-24,27-31,45,47-48H,2-5,12-15H2,1H3. The van der Waals surface area contributed by atoms with E-state index >= 15 is 0 Å². The average Bonchev–Trinajstić information content (AvgIpc) is 3.88. The Morgan fingerprint density at radius 2 is 1.61 bits per heavy atom. The Kier molecular flexibility index (Phi) is 11.9. The van der Waals surface area contributed by atoms with Crippen LogP contribution in [-0.2, 0) is 28.8 Å². The van der Waals surface area contributed by atoms with Gasteiger partial charge in [0.25, 0.3) is 0 Å². The zero-order valence-electron chi connectivity index (χ0n) is 29.4. The van der Waals surface area contributed by atoms with Gasteiger partial charge in [0.2, 0.25) is 5.91 Å². The zero-order valence-corrected chi connectivity index (χ0v) is 31.0. The van der Waals surface area contributed by atoms with Crippen LogP contribution < -0.4 is 4.74 Å². The predicted octanol–water partition coefficient (Wildman–Crippen LogP) is -0.585. The number of hydrogen-bond donors (Lipinski definition) is 3. The fourth-order valence-corrected chi connectivity index (χ4v) is 9.19. The summed E-state index contributed by atoms with van der Waals surface area (Å²) in [6, 6.07) is -0.413. The highest BCUT2D eigenvalue weighted by Gasteiger charge is 2.50. The molecule has 4 aromatic rings. The molecule has 0 aliphatic carbocycles. The molecule has 302 valence electrons. The molecule has 0 radical (unpaired) electrons. The summed E-state index contributed by atoms with van der Waals surface area (Å²) >= 11 is 1.03. The minimum atomic E-state index is -3.30. The number of rotatable bonds is 11. The number of methoxy groups -OCH3 is 1. The van der Waals surface area contributed by atoms with Crippen LogP contribution in [0.3, 0.4) is 0 Å². The molecule has 24 heteroatoms. The molecule has 0 saturated carbocycles. The van der Waals surface area contributed by atoms with Crippen molar-refractivity contribution in [1.82, 2.24) is 44.9 Å². The van der Waals surface area contributed by atoms with Gasteiger partial charge >= 0.3 is 6.01 Å². The quantitative estimate of drug-likeness (QED) is 0.160. The maximum absolute atomic E-state index is 14.1. The number of carbonyl (C=O) groups is 1. The molecular weight excluding hydrogens is 792 g/mol. The van der Waals surface area contributed by atoms with Gasteiger partial charge < -0.3 is 39.2 Å². The van der Waals surface area contributed by atoms with Crippen LogP contribution in [0.15, 0.2) is 36.9 Å². The van der Waals surface area contributed by atoms with Crippen LogP contribution in [0, 0.1) is 17.5 Å². The third-order valence-corrected chi connectivity index (χ3v) is 12.6. The summed E-state index contributed by atoms with van der Waals surface area (Å²) in [5.41, 5.74) is -0.473. The Hall–Kier alpha value is -4.30. The van der Waals surface area contributed by atoms with Crippen LogP contribution in [0.25, 0.3) is 22.5 Å². The normalized spacial score (nSPS) is 27.9. The number of thioether (sulfide) groups is 1. The first kappa shape index (κ1) is 39.9. The van der Waals surface area contributed by atoms with Gasteiger partial charge in [0.1, 0.15) is 53.8 Å². The summed E-state index contributed by atoms with van der Waals surface area (Å²) in [6.45, 7) is -1.34. The van der Waals surface area contributed by atoms with Crippen LogP contribution in [-0.4, -0.2) is 168 Å². The van der Waals surface area contributed by atoms with Crippen LogP contribution in [0.1, 0.15) is 12.1 Å². The first-order valence-corrected chi connectivity index (χ1v) is 19.9. The SMILES string of the molecule is COc1ncc(-c2cn(C3COCC(SC4OC(CO)C(O)C(n5cc(-c6cc(F)c(F)c(F)c6)nn5)C4OCC(=O)N4CCS(=O)(=O)CC4)C3O)nn2)cn1. The molecule has 1 amide bonds. The van der Waals surface area contributed by atoms with E-state index in [4.69, 9.17) is 18.9 Å². The Bertz CT molecular complexity index is 2100. The smallest absolute Gasteiger partial charge is 0.316 e. The maximum atomic E-state index is 14.1. The lowest BCUT2D eigenvalue weighted by molar-refractivity contribution is -0.195. The van der Waals surface area contributed by atoms with Crippen LogP contribution in [0.5, 0.6) is 6.01 Å². The van der Waals surface area contributed by atoms with Crippen LogP contribution >= 0.6 is 11.8 Å². The molecule has 8 unspecified atom stereocenters. The van der Waals surface area contributed by atoms with E-state index in [9.17, 15) is 41.7 Å². The molecule has 3 N–H and O–H groups in total. The van der Waals surface area contributed by atoms with E-state index < -0.39 is 93.6 Å². The first-order valence-electron chi connectivity index (χ1n) is 17.2. The van der Waals surface area contributed by atoms with Crippen molar-refractivity contribution >= 4 is 27.5 Å². The molecule has 0 spiro atoms. The molecule has 0 bridgehead atoms. The number of benzene rings is 1. The number of hydrogen-bond acceptors (Lipinski definition) is 17. The zero-order chi connectivity index (χ0) is 39.7. The van der Waals surface area contributed by atoms with E-state index in [2.05, 4.69) is 30.6 Å². The lowest BCUT2D eigenvalue weighted by atomic mass is 9.97. The number of ether oxygens (including phenoxy) is 4. The van der Waals surface area contributed by atoms with E-state index in [1.54, 1.807) is 6.20 Å². The van der Waals surface area contributed by atoms with Gasteiger partial charge in [-0.2, -0.15) is 0 Å². The summed E-state index contributed by atoms with van der Waals surface area (Å²) in [4.78, 5) is 22.8. The average molecular weight is 828 g/mol. The number of halogens is 3. The Balaban J connectivity index is 1.16. The number of aliphatic hydroxyl groups is 3. The van der Waals surface area contributed by atoms with Crippen molar-refractivity contribution in [3.05, 3.63) is 54.4 Å². The van der Waals surface area contributed by atoms with Crippen molar-refractivity contribution in [1.29, 1.82) is 0 Å². The lowest BCUT2D eigenvalue weighted by Crippen LogP contribution is -2.57. The third-order valence-electron chi connectivity index (χ3n) is 9.63. The largest absolute Gasteiger partial charge is 0.467 e. The first-order chi connectivity index (χ1) is 26.8. The van der Waals surface area contributed by atoms with Gasteiger partial charge in [0, 0.05) is 36.6 Å². The van der Waals surface area contributed by atoms with Crippen LogP contribution in [0.2, 0.25) is 0 Å². The van der Waals surface area contributed by atoms with Gasteiger partial charge in [-0.3, -0.25) is 4.79 Å². The molecule has 6 heterocycles. The summed E-state index contributed by atoms with van der Waals surface area (Å²) in [5.74, 6) is -5.61. The monoisotopic (exact) mass is 827 g/mol. The van der Waals surface area contributed by atoms with Gasteiger partial charge in [-0.25, -0.2) is 40.9 Å². The molecule has 19 nitrogen and oxygen atoms in total. The fraction of sp³-hybridized carbons (Fsp3) is 0.531. The predicted molar refractivity (Wildman–Crippen MR) is 186 cm³/mol. The van der Waals surface area contributed by atoms with E-state index in [-0.39, 0.29) is 55.1 Å². The molecular formula is C32H36F3N9O10S2. The molecule has 56 heavy (non-hydrogen) atoms. The highest BCUT2D eigenvalue weighted by Crippen LogP contribution is 2.41. The summed E-state index contributed by atoms with van der Waals surface area (Å²) < 4.78 is 91.7. The number of sulfone groups is 1. The van der Waals surface area contributed by atoms with Gasteiger partial charge in [-0.15, -0.1) is 22.0 Å². The van der Waals surface area contributed by atoms with E-state index in [0.29, 0.717) is 11.3 Å². The minimum Gasteiger partial charge on any atom is -0.467 e. The maximum Gasteiger partial charge on any atom is 0.316 e. The Labute approximate surface area is 320 Å². The summed E-state index contributed by atoms with van der Waals surface area (Å²) in [7, 11) is -1.87. The molecule has 3 aromatic heterocycles. The molecule has 3 aliphatic heterocycles. The van der Waals surface area contributed by atoms with E-state index in [1.807, 2.05) is 0 Å². The number of amides is 1. The van der Waals surface area contributed by atoms with Gasteiger partial charge in [0.05, 0.1) is 62.2 Å². The highest BCUT2D eigenvalue weighted by molar-refractivity contribution is 8.00. The Morgan fingerprint density at radius 1 is 0.964 bits per heavy atom. The topological polar surface area (TPSA) is 239 Å². The van der Waals surface area contributed by atoms with Gasteiger partial charge in [-0.05, 0) is 12.1 Å². The van der Waals surface area contributed by atoms with Crippen molar-refractivity contribution in [3.63, 3.8) is 0 Å². The lowest BCUT2D eigenvalue weighted by Gasteiger charge is -2.45. The van der Waals surface area contributed by atoms with Crippen LogP contribution in [0.4, 0.5) is 13.2 Å². The second-order valence-corrected chi connectivity index (χ2v) is 16.8.